The highest BCUT2D eigenvalue weighted by Crippen LogP contribution is 2.06. The quantitative estimate of drug-likeness (QED) is 0.719. The zero-order valence-corrected chi connectivity index (χ0v) is 14.0. The van der Waals surface area contributed by atoms with Gasteiger partial charge in [0.15, 0.2) is 0 Å². The van der Waals surface area contributed by atoms with E-state index < -0.39 is 6.10 Å². The van der Waals surface area contributed by atoms with E-state index in [1.165, 1.54) is 0 Å². The smallest absolute Gasteiger partial charge is 0.0900 e. The van der Waals surface area contributed by atoms with E-state index in [1.807, 2.05) is 30.3 Å². The number of aliphatic hydroxyl groups excluding tert-OH is 1. The second-order valence-electron chi connectivity index (χ2n) is 6.66. The summed E-state index contributed by atoms with van der Waals surface area (Å²) in [4.78, 5) is 2.34. The van der Waals surface area contributed by atoms with E-state index in [0.717, 1.165) is 18.7 Å². The Kier molecular flexibility index (Phi) is 8.58. The molecule has 0 aromatic heterocycles. The first-order valence-corrected chi connectivity index (χ1v) is 7.99. The van der Waals surface area contributed by atoms with E-state index in [4.69, 9.17) is 4.74 Å². The highest BCUT2D eigenvalue weighted by molar-refractivity contribution is 5.13. The van der Waals surface area contributed by atoms with Gasteiger partial charge < -0.3 is 14.7 Å². The van der Waals surface area contributed by atoms with Crippen LogP contribution in [0.1, 0.15) is 33.3 Å². The maximum atomic E-state index is 10.2. The fraction of sp³-hybridized carbons (Fsp3) is 0.667. The Balaban J connectivity index is 2.30. The zero-order chi connectivity index (χ0) is 15.7. The van der Waals surface area contributed by atoms with Gasteiger partial charge in [-0.05, 0) is 17.4 Å². The van der Waals surface area contributed by atoms with E-state index in [0.29, 0.717) is 31.6 Å². The molecule has 0 aliphatic rings. The molecular formula is C18H31NO2. The molecule has 0 amide bonds. The molecular weight excluding hydrogens is 262 g/mol. The van der Waals surface area contributed by atoms with Crippen LogP contribution >= 0.6 is 0 Å². The van der Waals surface area contributed by atoms with Crippen LogP contribution in [0.15, 0.2) is 30.3 Å². The summed E-state index contributed by atoms with van der Waals surface area (Å²) in [7, 11) is 0. The highest BCUT2D eigenvalue weighted by Gasteiger charge is 2.14. The molecule has 21 heavy (non-hydrogen) atoms. The van der Waals surface area contributed by atoms with Crippen molar-refractivity contribution in [1.82, 2.24) is 4.90 Å². The molecule has 0 aliphatic heterocycles. The fourth-order valence-electron chi connectivity index (χ4n) is 2.49. The highest BCUT2D eigenvalue weighted by atomic mass is 16.5. The molecule has 0 saturated carbocycles. The summed E-state index contributed by atoms with van der Waals surface area (Å²) in [6.07, 6.45) is -0.425. The fourth-order valence-corrected chi connectivity index (χ4v) is 2.49. The van der Waals surface area contributed by atoms with Crippen LogP contribution in [-0.2, 0) is 11.3 Å². The van der Waals surface area contributed by atoms with E-state index in [-0.39, 0.29) is 0 Å². The first-order valence-electron chi connectivity index (χ1n) is 7.99. The second-order valence-corrected chi connectivity index (χ2v) is 6.66. The SMILES string of the molecule is CC(C)CN(CC(C)C)CC(O)COCc1ccccc1. The van der Waals surface area contributed by atoms with Crippen LogP contribution in [-0.4, -0.2) is 42.4 Å². The minimum atomic E-state index is -0.425. The number of ether oxygens (including phenoxy) is 1. The summed E-state index contributed by atoms with van der Waals surface area (Å²) in [6, 6.07) is 10.1. The minimum absolute atomic E-state index is 0.390. The molecule has 3 nitrogen and oxygen atoms in total. The van der Waals surface area contributed by atoms with Gasteiger partial charge in [-0.25, -0.2) is 0 Å². The van der Waals surface area contributed by atoms with Crippen molar-refractivity contribution in [1.29, 1.82) is 0 Å². The van der Waals surface area contributed by atoms with Gasteiger partial charge in [-0.1, -0.05) is 58.0 Å². The van der Waals surface area contributed by atoms with Gasteiger partial charge in [0.05, 0.1) is 19.3 Å². The molecule has 1 atom stereocenters. The predicted molar refractivity (Wildman–Crippen MR) is 88.2 cm³/mol. The Morgan fingerprint density at radius 3 is 2.05 bits per heavy atom. The summed E-state index contributed by atoms with van der Waals surface area (Å²) < 4.78 is 5.62. The van der Waals surface area contributed by atoms with E-state index >= 15 is 0 Å². The third-order valence-corrected chi connectivity index (χ3v) is 3.14. The van der Waals surface area contributed by atoms with Crippen molar-refractivity contribution in [3.8, 4) is 0 Å². The maximum absolute atomic E-state index is 10.2. The molecule has 0 spiro atoms. The van der Waals surface area contributed by atoms with Gasteiger partial charge in [-0.2, -0.15) is 0 Å². The van der Waals surface area contributed by atoms with Gasteiger partial charge in [0.25, 0.3) is 0 Å². The minimum Gasteiger partial charge on any atom is -0.389 e. The van der Waals surface area contributed by atoms with Crippen molar-refractivity contribution >= 4 is 0 Å². The van der Waals surface area contributed by atoms with Crippen molar-refractivity contribution in [2.45, 2.75) is 40.4 Å². The van der Waals surface area contributed by atoms with Crippen LogP contribution in [0, 0.1) is 11.8 Å². The number of rotatable bonds is 10. The average Bonchev–Trinajstić information content (AvgIpc) is 2.38. The topological polar surface area (TPSA) is 32.7 Å². The van der Waals surface area contributed by atoms with Crippen molar-refractivity contribution in [3.05, 3.63) is 35.9 Å². The summed E-state index contributed by atoms with van der Waals surface area (Å²) in [5, 5.41) is 10.2. The van der Waals surface area contributed by atoms with E-state index in [2.05, 4.69) is 32.6 Å². The molecule has 0 radical (unpaired) electrons. The lowest BCUT2D eigenvalue weighted by Crippen LogP contribution is -2.39. The summed E-state index contributed by atoms with van der Waals surface area (Å²) in [5.41, 5.74) is 1.14. The van der Waals surface area contributed by atoms with Crippen molar-refractivity contribution in [2.24, 2.45) is 11.8 Å². The van der Waals surface area contributed by atoms with Gasteiger partial charge in [0, 0.05) is 19.6 Å². The third kappa shape index (κ3) is 8.86. The molecule has 1 aromatic rings. The first kappa shape index (κ1) is 18.1. The summed E-state index contributed by atoms with van der Waals surface area (Å²) in [6.45, 7) is 12.5. The lowest BCUT2D eigenvalue weighted by atomic mass is 10.1. The van der Waals surface area contributed by atoms with Crippen LogP contribution in [0.2, 0.25) is 0 Å². The molecule has 0 fully saturated rings. The van der Waals surface area contributed by atoms with Crippen LogP contribution in [0.25, 0.3) is 0 Å². The molecule has 1 aromatic carbocycles. The van der Waals surface area contributed by atoms with Crippen molar-refractivity contribution in [3.63, 3.8) is 0 Å². The normalized spacial score (nSPS) is 13.3. The van der Waals surface area contributed by atoms with Crippen LogP contribution in [0.3, 0.4) is 0 Å². The predicted octanol–water partition coefficient (Wildman–Crippen LogP) is 3.18. The molecule has 0 saturated heterocycles. The molecule has 3 heteroatoms. The number of hydrogen-bond donors (Lipinski definition) is 1. The summed E-state index contributed by atoms with van der Waals surface area (Å²) in [5.74, 6) is 1.22. The van der Waals surface area contributed by atoms with E-state index in [1.54, 1.807) is 0 Å². The number of aliphatic hydroxyl groups is 1. The number of benzene rings is 1. The largest absolute Gasteiger partial charge is 0.389 e. The molecule has 0 aliphatic carbocycles. The lowest BCUT2D eigenvalue weighted by Gasteiger charge is -2.28. The second kappa shape index (κ2) is 9.93. The average molecular weight is 293 g/mol. The first-order chi connectivity index (χ1) is 9.97. The van der Waals surface area contributed by atoms with Crippen molar-refractivity contribution < 1.29 is 9.84 Å². The molecule has 1 rings (SSSR count). The Labute approximate surface area is 129 Å². The van der Waals surface area contributed by atoms with Gasteiger partial charge >= 0.3 is 0 Å². The molecule has 0 heterocycles. The van der Waals surface area contributed by atoms with Gasteiger partial charge in [0.2, 0.25) is 0 Å². The molecule has 1 unspecified atom stereocenters. The standard InChI is InChI=1S/C18H31NO2/c1-15(2)10-19(11-16(3)4)12-18(20)14-21-13-17-8-6-5-7-9-17/h5-9,15-16,18,20H,10-14H2,1-4H3. The van der Waals surface area contributed by atoms with Crippen LogP contribution in [0.4, 0.5) is 0 Å². The molecule has 0 bridgehead atoms. The van der Waals surface area contributed by atoms with Crippen LogP contribution in [0.5, 0.6) is 0 Å². The molecule has 120 valence electrons. The number of nitrogens with zero attached hydrogens (tertiary/aromatic N) is 1. The van der Waals surface area contributed by atoms with E-state index in [9.17, 15) is 5.11 Å². The number of hydrogen-bond acceptors (Lipinski definition) is 3. The van der Waals surface area contributed by atoms with Gasteiger partial charge in [-0.3, -0.25) is 0 Å². The third-order valence-electron chi connectivity index (χ3n) is 3.14. The Morgan fingerprint density at radius 1 is 0.952 bits per heavy atom. The van der Waals surface area contributed by atoms with Crippen LogP contribution < -0.4 is 0 Å². The Bertz CT molecular complexity index is 355. The maximum Gasteiger partial charge on any atom is 0.0900 e. The monoisotopic (exact) mass is 293 g/mol. The van der Waals surface area contributed by atoms with Crippen molar-refractivity contribution in [2.75, 3.05) is 26.2 Å². The summed E-state index contributed by atoms with van der Waals surface area (Å²) >= 11 is 0. The Hall–Kier alpha value is -0.900. The molecule has 1 N–H and O–H groups in total. The zero-order valence-electron chi connectivity index (χ0n) is 14.0. The van der Waals surface area contributed by atoms with Gasteiger partial charge in [0.1, 0.15) is 0 Å². The van der Waals surface area contributed by atoms with Gasteiger partial charge in [-0.15, -0.1) is 0 Å². The lowest BCUT2D eigenvalue weighted by molar-refractivity contribution is 0.00644. The Morgan fingerprint density at radius 2 is 1.52 bits per heavy atom.